The highest BCUT2D eigenvalue weighted by molar-refractivity contribution is 7.99. The molecule has 0 aromatic carbocycles. The second-order valence-electron chi connectivity index (χ2n) is 8.44. The van der Waals surface area contributed by atoms with Crippen molar-refractivity contribution in [3.63, 3.8) is 0 Å². The van der Waals surface area contributed by atoms with Gasteiger partial charge in [0.15, 0.2) is 0 Å². The van der Waals surface area contributed by atoms with E-state index in [-0.39, 0.29) is 22.8 Å². The summed E-state index contributed by atoms with van der Waals surface area (Å²) >= 11 is 7.48. The van der Waals surface area contributed by atoms with E-state index in [1.807, 2.05) is 12.3 Å². The molecule has 3 aromatic heterocycles. The summed E-state index contributed by atoms with van der Waals surface area (Å²) < 4.78 is 1.60. The maximum absolute atomic E-state index is 13.0. The first-order chi connectivity index (χ1) is 15.4. The summed E-state index contributed by atoms with van der Waals surface area (Å²) in [5, 5.41) is 0.341. The van der Waals surface area contributed by atoms with Gasteiger partial charge in [-0.05, 0) is 42.4 Å². The van der Waals surface area contributed by atoms with Crippen molar-refractivity contribution in [1.29, 1.82) is 0 Å². The monoisotopic (exact) mass is 469 g/mol. The number of nitrogen functional groups attached to an aromatic ring is 1. The molecule has 1 aliphatic carbocycles. The predicted octanol–water partition coefficient (Wildman–Crippen LogP) is 2.80. The Hall–Kier alpha value is -2.62. The van der Waals surface area contributed by atoms with Gasteiger partial charge in [-0.25, -0.2) is 9.97 Å². The molecule has 10 heteroatoms. The van der Waals surface area contributed by atoms with Crippen LogP contribution in [0, 0.1) is 5.41 Å². The summed E-state index contributed by atoms with van der Waals surface area (Å²) in [5.41, 5.74) is 14.6. The minimum atomic E-state index is -0.124. The topological polar surface area (TPSA) is 116 Å². The molecular formula is C22H24ClN7OS. The molecule has 8 nitrogen and oxygen atoms in total. The number of piperidine rings is 1. The highest BCUT2D eigenvalue weighted by Crippen LogP contribution is 2.50. The van der Waals surface area contributed by atoms with Crippen LogP contribution in [0.25, 0.3) is 0 Å². The fourth-order valence-corrected chi connectivity index (χ4v) is 5.93. The van der Waals surface area contributed by atoms with E-state index < -0.39 is 0 Å². The molecule has 0 amide bonds. The van der Waals surface area contributed by atoms with E-state index in [0.29, 0.717) is 20.8 Å². The van der Waals surface area contributed by atoms with Crippen molar-refractivity contribution in [2.75, 3.05) is 23.7 Å². The van der Waals surface area contributed by atoms with Gasteiger partial charge in [0.1, 0.15) is 5.82 Å². The summed E-state index contributed by atoms with van der Waals surface area (Å²) in [5.74, 6) is 0.902. The van der Waals surface area contributed by atoms with Gasteiger partial charge in [-0.3, -0.25) is 14.3 Å². The van der Waals surface area contributed by atoms with Crippen LogP contribution in [0.3, 0.4) is 0 Å². The Morgan fingerprint density at radius 1 is 1.16 bits per heavy atom. The van der Waals surface area contributed by atoms with Crippen molar-refractivity contribution < 1.29 is 0 Å². The smallest absolute Gasteiger partial charge is 0.268 e. The van der Waals surface area contributed by atoms with Crippen LogP contribution in [0.5, 0.6) is 0 Å². The second kappa shape index (κ2) is 8.06. The Labute approximate surface area is 195 Å². The van der Waals surface area contributed by atoms with Gasteiger partial charge in [0.05, 0.1) is 16.1 Å². The zero-order valence-electron chi connectivity index (χ0n) is 17.7. The molecule has 5 rings (SSSR count). The van der Waals surface area contributed by atoms with Gasteiger partial charge in [-0.1, -0.05) is 29.4 Å². The fourth-order valence-electron chi connectivity index (χ4n) is 4.81. The lowest BCUT2D eigenvalue weighted by Gasteiger charge is -2.42. The Bertz CT molecular complexity index is 1240. The molecule has 2 aliphatic rings. The zero-order valence-corrected chi connectivity index (χ0v) is 19.2. The van der Waals surface area contributed by atoms with Gasteiger partial charge in [-0.2, -0.15) is 0 Å². The predicted molar refractivity (Wildman–Crippen MR) is 126 cm³/mol. The second-order valence-corrected chi connectivity index (χ2v) is 9.90. The number of rotatable bonds is 3. The Kier molecular flexibility index (Phi) is 5.35. The quantitative estimate of drug-likeness (QED) is 0.601. The van der Waals surface area contributed by atoms with Crippen LogP contribution in [0.15, 0.2) is 51.4 Å². The van der Waals surface area contributed by atoms with Gasteiger partial charge in [0, 0.05) is 49.2 Å². The lowest BCUT2D eigenvalue weighted by atomic mass is 9.73. The first-order valence-electron chi connectivity index (χ1n) is 10.5. The third-order valence-corrected chi connectivity index (χ3v) is 8.26. The number of fused-ring (bicyclic) bond motifs is 1. The molecule has 1 aliphatic heterocycles. The highest BCUT2D eigenvalue weighted by Gasteiger charge is 2.46. The number of aromatic nitrogens is 4. The van der Waals surface area contributed by atoms with E-state index in [0.717, 1.165) is 38.0 Å². The summed E-state index contributed by atoms with van der Waals surface area (Å²) in [6.45, 7) is 1.59. The number of nitrogens with two attached hydrogens (primary N) is 2. The maximum Gasteiger partial charge on any atom is 0.268 e. The molecule has 1 atom stereocenters. The number of hydrogen-bond donors (Lipinski definition) is 2. The number of hydrogen-bond acceptors (Lipinski definition) is 8. The fraction of sp³-hybridized carbons (Fsp3) is 0.364. The average Bonchev–Trinajstić information content (AvgIpc) is 3.07. The molecule has 1 fully saturated rings. The molecule has 0 unspecified atom stereocenters. The Balaban J connectivity index is 1.34. The molecule has 0 radical (unpaired) electrons. The van der Waals surface area contributed by atoms with E-state index in [9.17, 15) is 4.79 Å². The van der Waals surface area contributed by atoms with Crippen LogP contribution >= 0.6 is 23.4 Å². The van der Waals surface area contributed by atoms with E-state index in [1.165, 1.54) is 17.3 Å². The van der Waals surface area contributed by atoms with Crippen LogP contribution in [-0.4, -0.2) is 32.6 Å². The molecule has 4 N–H and O–H groups in total. The molecule has 32 heavy (non-hydrogen) atoms. The minimum absolute atomic E-state index is 0.00134. The van der Waals surface area contributed by atoms with Crippen molar-refractivity contribution in [3.8, 4) is 0 Å². The lowest BCUT2D eigenvalue weighted by Crippen LogP contribution is -2.46. The largest absolute Gasteiger partial charge is 0.382 e. The molecule has 3 aromatic rings. The third kappa shape index (κ3) is 3.44. The van der Waals surface area contributed by atoms with E-state index in [2.05, 4.69) is 25.9 Å². The molecular weight excluding hydrogens is 446 g/mol. The lowest BCUT2D eigenvalue weighted by molar-refractivity contribution is 0.185. The maximum atomic E-state index is 13.0. The van der Waals surface area contributed by atoms with Crippen LogP contribution < -0.4 is 21.9 Å². The minimum Gasteiger partial charge on any atom is -0.382 e. The molecule has 4 heterocycles. The summed E-state index contributed by atoms with van der Waals surface area (Å²) in [4.78, 5) is 29.5. The first kappa shape index (κ1) is 21.2. The average molecular weight is 470 g/mol. The van der Waals surface area contributed by atoms with E-state index >= 15 is 0 Å². The first-order valence-corrected chi connectivity index (χ1v) is 11.7. The van der Waals surface area contributed by atoms with Gasteiger partial charge < -0.3 is 16.4 Å². The number of pyridine rings is 2. The van der Waals surface area contributed by atoms with Gasteiger partial charge in [0.25, 0.3) is 5.56 Å². The van der Waals surface area contributed by atoms with Crippen LogP contribution in [-0.2, 0) is 13.5 Å². The summed E-state index contributed by atoms with van der Waals surface area (Å²) in [6, 6.07) is 5.79. The van der Waals surface area contributed by atoms with E-state index in [1.54, 1.807) is 30.1 Å². The van der Waals surface area contributed by atoms with Gasteiger partial charge in [0.2, 0.25) is 5.95 Å². The third-order valence-electron chi connectivity index (χ3n) is 6.70. The summed E-state index contributed by atoms with van der Waals surface area (Å²) in [6.07, 6.45) is 7.80. The summed E-state index contributed by atoms with van der Waals surface area (Å²) in [7, 11) is 1.75. The normalized spacial score (nSPS) is 19.3. The molecule has 0 bridgehead atoms. The van der Waals surface area contributed by atoms with Crippen molar-refractivity contribution >= 4 is 35.1 Å². The molecule has 1 saturated heterocycles. The number of anilines is 2. The SMILES string of the molecule is Cn1c(N2CCC3(CC2)Cc2ncccc2[C@H]3N)ncc(Sc2ccnc(N)c2Cl)c1=O. The Morgan fingerprint density at radius 3 is 2.69 bits per heavy atom. The molecule has 0 saturated carbocycles. The van der Waals surface area contributed by atoms with E-state index in [4.69, 9.17) is 23.1 Å². The van der Waals surface area contributed by atoms with Gasteiger partial charge >= 0.3 is 0 Å². The van der Waals surface area contributed by atoms with Crippen molar-refractivity contribution in [2.45, 2.75) is 35.1 Å². The number of halogens is 1. The van der Waals surface area contributed by atoms with Crippen molar-refractivity contribution in [1.82, 2.24) is 19.5 Å². The Morgan fingerprint density at radius 2 is 1.94 bits per heavy atom. The van der Waals surface area contributed by atoms with Crippen molar-refractivity contribution in [2.24, 2.45) is 18.2 Å². The zero-order chi connectivity index (χ0) is 22.5. The van der Waals surface area contributed by atoms with Crippen molar-refractivity contribution in [3.05, 3.63) is 63.4 Å². The standard InChI is InChI=1S/C22H24ClN7OS/c1-29-20(31)16(32-15-4-8-27-19(25)17(15)23)12-28-21(29)30-9-5-22(6-10-30)11-14-13(18(22)24)3-2-7-26-14/h2-4,7-8,12,18H,5-6,9-11,24H2,1H3,(H2,25,27)/t18-/m1/s1. The molecule has 1 spiro atoms. The number of nitrogens with zero attached hydrogens (tertiary/aromatic N) is 5. The van der Waals surface area contributed by atoms with Crippen LogP contribution in [0.2, 0.25) is 5.02 Å². The van der Waals surface area contributed by atoms with Crippen LogP contribution in [0.1, 0.15) is 30.1 Å². The highest BCUT2D eigenvalue weighted by atomic mass is 35.5. The van der Waals surface area contributed by atoms with Crippen LogP contribution in [0.4, 0.5) is 11.8 Å². The molecule has 166 valence electrons. The van der Waals surface area contributed by atoms with Gasteiger partial charge in [-0.15, -0.1) is 0 Å².